The summed E-state index contributed by atoms with van der Waals surface area (Å²) in [5.41, 5.74) is 4.12. The van der Waals surface area contributed by atoms with E-state index in [1.165, 1.54) is 0 Å². The zero-order valence-electron chi connectivity index (χ0n) is 14.3. The van der Waals surface area contributed by atoms with Crippen molar-refractivity contribution in [2.45, 2.75) is 27.2 Å². The van der Waals surface area contributed by atoms with E-state index in [9.17, 15) is 4.79 Å². The number of urea groups is 1. The molecule has 0 saturated carbocycles. The average molecular weight is 391 g/mol. The molecule has 0 atom stereocenters. The SMILES string of the molecule is Cc1cc(NC(=O)NCCCOc2c(C)cccc2C)ccc1Br. The van der Waals surface area contributed by atoms with Crippen LogP contribution in [0.2, 0.25) is 0 Å². The predicted molar refractivity (Wildman–Crippen MR) is 102 cm³/mol. The monoisotopic (exact) mass is 390 g/mol. The number of carbonyl (C=O) groups excluding carboxylic acids is 1. The van der Waals surface area contributed by atoms with Crippen LogP contribution in [0.1, 0.15) is 23.1 Å². The van der Waals surface area contributed by atoms with Gasteiger partial charge in [-0.05, 0) is 62.1 Å². The number of ether oxygens (including phenoxy) is 1. The number of hydrogen-bond acceptors (Lipinski definition) is 2. The van der Waals surface area contributed by atoms with Gasteiger partial charge in [-0.3, -0.25) is 0 Å². The summed E-state index contributed by atoms with van der Waals surface area (Å²) in [6.45, 7) is 7.19. The van der Waals surface area contributed by atoms with E-state index in [2.05, 4.69) is 26.6 Å². The molecule has 0 aromatic heterocycles. The number of benzene rings is 2. The molecule has 0 aliphatic rings. The van der Waals surface area contributed by atoms with Gasteiger partial charge in [0.05, 0.1) is 6.61 Å². The molecular weight excluding hydrogens is 368 g/mol. The minimum Gasteiger partial charge on any atom is -0.493 e. The van der Waals surface area contributed by atoms with Gasteiger partial charge in [-0.15, -0.1) is 0 Å². The highest BCUT2D eigenvalue weighted by Crippen LogP contribution is 2.22. The van der Waals surface area contributed by atoms with E-state index >= 15 is 0 Å². The third kappa shape index (κ3) is 5.27. The zero-order valence-corrected chi connectivity index (χ0v) is 15.9. The molecular formula is C19H23BrN2O2. The average Bonchev–Trinajstić information content (AvgIpc) is 2.53. The molecule has 5 heteroatoms. The highest BCUT2D eigenvalue weighted by molar-refractivity contribution is 9.10. The Hall–Kier alpha value is -2.01. The number of aryl methyl sites for hydroxylation is 3. The molecule has 2 aromatic carbocycles. The Morgan fingerprint density at radius 2 is 1.79 bits per heavy atom. The third-order valence-electron chi connectivity index (χ3n) is 3.68. The third-order valence-corrected chi connectivity index (χ3v) is 4.57. The van der Waals surface area contributed by atoms with Gasteiger partial charge in [-0.1, -0.05) is 34.1 Å². The van der Waals surface area contributed by atoms with Crippen LogP contribution in [0.3, 0.4) is 0 Å². The normalized spacial score (nSPS) is 10.3. The van der Waals surface area contributed by atoms with Crippen LogP contribution in [-0.2, 0) is 0 Å². The van der Waals surface area contributed by atoms with Crippen LogP contribution >= 0.6 is 15.9 Å². The Balaban J connectivity index is 1.70. The van der Waals surface area contributed by atoms with Crippen molar-refractivity contribution < 1.29 is 9.53 Å². The van der Waals surface area contributed by atoms with E-state index in [-0.39, 0.29) is 6.03 Å². The van der Waals surface area contributed by atoms with Gasteiger partial charge in [0.2, 0.25) is 0 Å². The lowest BCUT2D eigenvalue weighted by Gasteiger charge is -2.12. The predicted octanol–water partition coefficient (Wildman–Crippen LogP) is 4.96. The second kappa shape index (κ2) is 8.73. The van der Waals surface area contributed by atoms with Crippen LogP contribution in [0.4, 0.5) is 10.5 Å². The van der Waals surface area contributed by atoms with Crippen molar-refractivity contribution in [3.8, 4) is 5.75 Å². The number of nitrogens with one attached hydrogen (secondary N) is 2. The van der Waals surface area contributed by atoms with E-state index < -0.39 is 0 Å². The number of amides is 2. The molecule has 0 aliphatic heterocycles. The molecule has 0 radical (unpaired) electrons. The van der Waals surface area contributed by atoms with E-state index in [0.717, 1.165) is 39.0 Å². The summed E-state index contributed by atoms with van der Waals surface area (Å²) in [7, 11) is 0. The molecule has 24 heavy (non-hydrogen) atoms. The summed E-state index contributed by atoms with van der Waals surface area (Å²) in [4.78, 5) is 11.9. The van der Waals surface area contributed by atoms with Crippen LogP contribution in [-0.4, -0.2) is 19.2 Å². The largest absolute Gasteiger partial charge is 0.493 e. The number of hydrogen-bond donors (Lipinski definition) is 2. The highest BCUT2D eigenvalue weighted by atomic mass is 79.9. The summed E-state index contributed by atoms with van der Waals surface area (Å²) in [6.07, 6.45) is 0.751. The van der Waals surface area contributed by atoms with Gasteiger partial charge in [0.1, 0.15) is 5.75 Å². The Morgan fingerprint density at radius 3 is 2.46 bits per heavy atom. The summed E-state index contributed by atoms with van der Waals surface area (Å²) in [6, 6.07) is 11.6. The van der Waals surface area contributed by atoms with Crippen LogP contribution in [0.25, 0.3) is 0 Å². The van der Waals surface area contributed by atoms with Gasteiger partial charge in [0.25, 0.3) is 0 Å². The van der Waals surface area contributed by atoms with Crippen molar-refractivity contribution in [1.29, 1.82) is 0 Å². The van der Waals surface area contributed by atoms with Crippen LogP contribution in [0, 0.1) is 20.8 Å². The minimum atomic E-state index is -0.205. The Bertz CT molecular complexity index is 696. The minimum absolute atomic E-state index is 0.205. The maximum Gasteiger partial charge on any atom is 0.319 e. The molecule has 128 valence electrons. The topological polar surface area (TPSA) is 50.4 Å². The van der Waals surface area contributed by atoms with Crippen molar-refractivity contribution in [2.24, 2.45) is 0 Å². The zero-order chi connectivity index (χ0) is 17.5. The standard InChI is InChI=1S/C19H23BrN2O2/c1-13-6-4-7-14(2)18(13)24-11-5-10-21-19(23)22-16-8-9-17(20)15(3)12-16/h4,6-9,12H,5,10-11H2,1-3H3,(H2,21,22,23). The molecule has 0 aliphatic carbocycles. The highest BCUT2D eigenvalue weighted by Gasteiger charge is 2.04. The molecule has 2 amide bonds. The summed E-state index contributed by atoms with van der Waals surface area (Å²) >= 11 is 3.44. The molecule has 0 heterocycles. The number of para-hydroxylation sites is 1. The molecule has 2 aromatic rings. The fourth-order valence-electron chi connectivity index (χ4n) is 2.37. The first-order valence-electron chi connectivity index (χ1n) is 7.97. The van der Waals surface area contributed by atoms with Gasteiger partial charge in [0.15, 0.2) is 0 Å². The van der Waals surface area contributed by atoms with E-state index in [1.807, 2.05) is 57.2 Å². The molecule has 0 bridgehead atoms. The fourth-order valence-corrected chi connectivity index (χ4v) is 2.62. The van der Waals surface area contributed by atoms with Gasteiger partial charge in [0, 0.05) is 16.7 Å². The number of halogens is 1. The Morgan fingerprint density at radius 1 is 1.08 bits per heavy atom. The van der Waals surface area contributed by atoms with Crippen molar-refractivity contribution in [3.05, 3.63) is 57.6 Å². The van der Waals surface area contributed by atoms with Crippen LogP contribution in [0.15, 0.2) is 40.9 Å². The van der Waals surface area contributed by atoms with Gasteiger partial charge in [-0.2, -0.15) is 0 Å². The molecule has 0 saturated heterocycles. The Labute approximate surface area is 151 Å². The van der Waals surface area contributed by atoms with Crippen molar-refractivity contribution in [1.82, 2.24) is 5.32 Å². The first-order chi connectivity index (χ1) is 11.5. The van der Waals surface area contributed by atoms with Crippen molar-refractivity contribution in [2.75, 3.05) is 18.5 Å². The quantitative estimate of drug-likeness (QED) is 0.684. The molecule has 4 nitrogen and oxygen atoms in total. The second-order valence-corrected chi connectivity index (χ2v) is 6.62. The maximum absolute atomic E-state index is 11.9. The Kier molecular flexibility index (Phi) is 6.67. The lowest BCUT2D eigenvalue weighted by Crippen LogP contribution is -2.30. The van der Waals surface area contributed by atoms with E-state index in [0.29, 0.717) is 13.2 Å². The van der Waals surface area contributed by atoms with Crippen molar-refractivity contribution in [3.63, 3.8) is 0 Å². The lowest BCUT2D eigenvalue weighted by atomic mass is 10.1. The number of rotatable bonds is 6. The van der Waals surface area contributed by atoms with Gasteiger partial charge in [-0.25, -0.2) is 4.79 Å². The summed E-state index contributed by atoms with van der Waals surface area (Å²) in [5, 5.41) is 5.66. The van der Waals surface area contributed by atoms with E-state index in [1.54, 1.807) is 0 Å². The van der Waals surface area contributed by atoms with Crippen LogP contribution < -0.4 is 15.4 Å². The molecule has 2 rings (SSSR count). The van der Waals surface area contributed by atoms with Gasteiger partial charge >= 0.3 is 6.03 Å². The number of anilines is 1. The smallest absolute Gasteiger partial charge is 0.319 e. The fraction of sp³-hybridized carbons (Fsp3) is 0.316. The lowest BCUT2D eigenvalue weighted by molar-refractivity contribution is 0.250. The first-order valence-corrected chi connectivity index (χ1v) is 8.76. The van der Waals surface area contributed by atoms with E-state index in [4.69, 9.17) is 4.74 Å². The maximum atomic E-state index is 11.9. The molecule has 2 N–H and O–H groups in total. The van der Waals surface area contributed by atoms with Crippen LogP contribution in [0.5, 0.6) is 5.75 Å². The summed E-state index contributed by atoms with van der Waals surface area (Å²) < 4.78 is 6.84. The number of carbonyl (C=O) groups is 1. The molecule has 0 spiro atoms. The van der Waals surface area contributed by atoms with Gasteiger partial charge < -0.3 is 15.4 Å². The van der Waals surface area contributed by atoms with Crippen molar-refractivity contribution >= 4 is 27.6 Å². The first kappa shape index (κ1) is 18.3. The molecule has 0 unspecified atom stereocenters. The summed E-state index contributed by atoms with van der Waals surface area (Å²) in [5.74, 6) is 0.937. The second-order valence-electron chi connectivity index (χ2n) is 5.77. The molecule has 0 fully saturated rings.